The maximum Gasteiger partial charge on any atom is 0.416 e. The predicted octanol–water partition coefficient (Wildman–Crippen LogP) is 4.11. The first-order valence-corrected chi connectivity index (χ1v) is 9.19. The van der Waals surface area contributed by atoms with Crippen molar-refractivity contribution in [3.05, 3.63) is 53.1 Å². The lowest BCUT2D eigenvalue weighted by molar-refractivity contribution is -0.137. The van der Waals surface area contributed by atoms with E-state index in [0.717, 1.165) is 29.7 Å². The number of amides is 1. The van der Waals surface area contributed by atoms with Gasteiger partial charge in [0.2, 0.25) is 5.91 Å². The largest absolute Gasteiger partial charge is 0.493 e. The molecule has 1 N–H and O–H groups in total. The summed E-state index contributed by atoms with van der Waals surface area (Å²) in [5.41, 5.74) is 1.79. The van der Waals surface area contributed by atoms with Gasteiger partial charge in [-0.2, -0.15) is 13.2 Å². The zero-order chi connectivity index (χ0) is 21.2. The smallest absolute Gasteiger partial charge is 0.416 e. The molecule has 1 amide bonds. The summed E-state index contributed by atoms with van der Waals surface area (Å²) in [7, 11) is 3.16. The summed E-state index contributed by atoms with van der Waals surface area (Å²) >= 11 is 0. The molecule has 0 spiro atoms. The van der Waals surface area contributed by atoms with Crippen molar-refractivity contribution in [3.8, 4) is 11.5 Å². The zero-order valence-electron chi connectivity index (χ0n) is 16.5. The minimum Gasteiger partial charge on any atom is -0.493 e. The molecule has 2 aromatic carbocycles. The number of carbonyl (C=O) groups is 1. The van der Waals surface area contributed by atoms with Crippen LogP contribution in [-0.4, -0.2) is 37.6 Å². The van der Waals surface area contributed by atoms with Gasteiger partial charge in [0.05, 0.1) is 25.8 Å². The predicted molar refractivity (Wildman–Crippen MR) is 103 cm³/mol. The molecule has 0 fully saturated rings. The standard InChI is InChI=1S/C21H23F3N2O3/c1-13(20(27)25-17-6-4-16(5-7-17)21(22,23)24)26-9-8-14-10-18(28-2)19(29-3)11-15(14)12-26/h4-7,10-11,13H,8-9,12H2,1-3H3,(H,25,27)/t13-/m1/s1. The van der Waals surface area contributed by atoms with E-state index in [-0.39, 0.29) is 5.91 Å². The summed E-state index contributed by atoms with van der Waals surface area (Å²) in [6.07, 6.45) is -3.64. The third-order valence-corrected chi connectivity index (χ3v) is 5.15. The van der Waals surface area contributed by atoms with Crippen molar-refractivity contribution < 1.29 is 27.4 Å². The molecule has 156 valence electrons. The van der Waals surface area contributed by atoms with Crippen molar-refractivity contribution in [1.82, 2.24) is 4.90 Å². The van der Waals surface area contributed by atoms with Gasteiger partial charge in [0.15, 0.2) is 11.5 Å². The second-order valence-corrected chi connectivity index (χ2v) is 6.94. The van der Waals surface area contributed by atoms with Crippen molar-refractivity contribution in [1.29, 1.82) is 0 Å². The maximum atomic E-state index is 12.7. The van der Waals surface area contributed by atoms with E-state index in [4.69, 9.17) is 9.47 Å². The van der Waals surface area contributed by atoms with Crippen LogP contribution in [0.2, 0.25) is 0 Å². The summed E-state index contributed by atoms with van der Waals surface area (Å²) in [5, 5.41) is 2.69. The van der Waals surface area contributed by atoms with Crippen LogP contribution in [0.25, 0.3) is 0 Å². The van der Waals surface area contributed by atoms with Gasteiger partial charge in [0, 0.05) is 18.8 Å². The fourth-order valence-corrected chi connectivity index (χ4v) is 3.39. The van der Waals surface area contributed by atoms with E-state index in [1.165, 1.54) is 12.1 Å². The number of rotatable bonds is 5. The topological polar surface area (TPSA) is 50.8 Å². The number of alkyl halides is 3. The summed E-state index contributed by atoms with van der Waals surface area (Å²) in [6, 6.07) is 7.86. The SMILES string of the molecule is COc1cc2c(cc1OC)CN([C@H](C)C(=O)Nc1ccc(C(F)(F)F)cc1)CC2. The number of methoxy groups -OCH3 is 2. The number of hydrogen-bond acceptors (Lipinski definition) is 4. The lowest BCUT2D eigenvalue weighted by atomic mass is 9.97. The molecular formula is C21H23F3N2O3. The number of anilines is 1. The van der Waals surface area contributed by atoms with Crippen LogP contribution in [0, 0.1) is 0 Å². The second kappa shape index (κ2) is 8.32. The monoisotopic (exact) mass is 408 g/mol. The molecule has 0 aliphatic carbocycles. The Balaban J connectivity index is 1.68. The molecular weight excluding hydrogens is 385 g/mol. The van der Waals surface area contributed by atoms with Gasteiger partial charge < -0.3 is 14.8 Å². The minimum atomic E-state index is -4.40. The quantitative estimate of drug-likeness (QED) is 0.809. The normalized spacial score (nSPS) is 15.4. The zero-order valence-corrected chi connectivity index (χ0v) is 16.5. The Labute approximate surface area is 167 Å². The Bertz CT molecular complexity index is 882. The van der Waals surface area contributed by atoms with E-state index in [1.54, 1.807) is 21.1 Å². The van der Waals surface area contributed by atoms with Crippen molar-refractivity contribution in [3.63, 3.8) is 0 Å². The number of nitrogens with one attached hydrogen (secondary N) is 1. The maximum absolute atomic E-state index is 12.7. The van der Waals surface area contributed by atoms with Gasteiger partial charge in [0.25, 0.3) is 0 Å². The Morgan fingerprint density at radius 1 is 1.07 bits per heavy atom. The van der Waals surface area contributed by atoms with Crippen LogP contribution >= 0.6 is 0 Å². The van der Waals surface area contributed by atoms with Gasteiger partial charge in [0.1, 0.15) is 0 Å². The molecule has 5 nitrogen and oxygen atoms in total. The first-order valence-electron chi connectivity index (χ1n) is 9.19. The Hall–Kier alpha value is -2.74. The van der Waals surface area contributed by atoms with Gasteiger partial charge in [-0.05, 0) is 60.9 Å². The highest BCUT2D eigenvalue weighted by Crippen LogP contribution is 2.34. The van der Waals surface area contributed by atoms with Crippen LogP contribution in [0.4, 0.5) is 18.9 Å². The lowest BCUT2D eigenvalue weighted by Crippen LogP contribution is -2.44. The second-order valence-electron chi connectivity index (χ2n) is 6.94. The molecule has 2 aromatic rings. The van der Waals surface area contributed by atoms with Crippen molar-refractivity contribution >= 4 is 11.6 Å². The van der Waals surface area contributed by atoms with E-state index in [2.05, 4.69) is 5.32 Å². The average Bonchev–Trinajstić information content (AvgIpc) is 2.71. The third-order valence-electron chi connectivity index (χ3n) is 5.15. The van der Waals surface area contributed by atoms with Crippen LogP contribution in [0.1, 0.15) is 23.6 Å². The van der Waals surface area contributed by atoms with Gasteiger partial charge in [-0.3, -0.25) is 9.69 Å². The highest BCUT2D eigenvalue weighted by molar-refractivity contribution is 5.94. The molecule has 29 heavy (non-hydrogen) atoms. The van der Waals surface area contributed by atoms with E-state index in [9.17, 15) is 18.0 Å². The van der Waals surface area contributed by atoms with Crippen LogP contribution in [0.5, 0.6) is 11.5 Å². The van der Waals surface area contributed by atoms with E-state index >= 15 is 0 Å². The van der Waals surface area contributed by atoms with Crippen molar-refractivity contribution in [2.24, 2.45) is 0 Å². The summed E-state index contributed by atoms with van der Waals surface area (Å²) < 4.78 is 48.7. The number of fused-ring (bicyclic) bond motifs is 1. The van der Waals surface area contributed by atoms with Crippen LogP contribution in [-0.2, 0) is 23.9 Å². The fraction of sp³-hybridized carbons (Fsp3) is 0.381. The van der Waals surface area contributed by atoms with E-state index < -0.39 is 17.8 Å². The number of carbonyl (C=O) groups excluding carboxylic acids is 1. The first-order chi connectivity index (χ1) is 13.7. The fourth-order valence-electron chi connectivity index (χ4n) is 3.39. The molecule has 0 bridgehead atoms. The van der Waals surface area contributed by atoms with Crippen molar-refractivity contribution in [2.45, 2.75) is 32.1 Å². The highest BCUT2D eigenvalue weighted by atomic mass is 19.4. The molecule has 0 aromatic heterocycles. The van der Waals surface area contributed by atoms with Crippen LogP contribution < -0.4 is 14.8 Å². The molecule has 3 rings (SSSR count). The highest BCUT2D eigenvalue weighted by Gasteiger charge is 2.30. The third kappa shape index (κ3) is 4.64. The lowest BCUT2D eigenvalue weighted by Gasteiger charge is -2.33. The summed E-state index contributed by atoms with van der Waals surface area (Å²) in [6.45, 7) is 3.03. The first kappa shape index (κ1) is 21.0. The molecule has 1 atom stereocenters. The summed E-state index contributed by atoms with van der Waals surface area (Å²) in [4.78, 5) is 14.6. The molecule has 1 aliphatic heterocycles. The molecule has 8 heteroatoms. The Morgan fingerprint density at radius 3 is 2.21 bits per heavy atom. The van der Waals surface area contributed by atoms with Gasteiger partial charge >= 0.3 is 6.18 Å². The van der Waals surface area contributed by atoms with Crippen molar-refractivity contribution in [2.75, 3.05) is 26.1 Å². The van der Waals surface area contributed by atoms with E-state index in [1.807, 2.05) is 17.0 Å². The minimum absolute atomic E-state index is 0.270. The Kier molecular flexibility index (Phi) is 6.02. The number of nitrogens with zero attached hydrogens (tertiary/aromatic N) is 1. The molecule has 1 aliphatic rings. The Morgan fingerprint density at radius 2 is 1.66 bits per heavy atom. The molecule has 0 saturated heterocycles. The number of hydrogen-bond donors (Lipinski definition) is 1. The molecule has 1 heterocycles. The number of halogens is 3. The average molecular weight is 408 g/mol. The van der Waals surface area contributed by atoms with Crippen LogP contribution in [0.15, 0.2) is 36.4 Å². The van der Waals surface area contributed by atoms with Gasteiger partial charge in [-0.1, -0.05) is 0 Å². The molecule has 0 unspecified atom stereocenters. The van der Waals surface area contributed by atoms with Gasteiger partial charge in [-0.25, -0.2) is 0 Å². The number of benzene rings is 2. The summed E-state index contributed by atoms with van der Waals surface area (Å²) in [5.74, 6) is 1.04. The van der Waals surface area contributed by atoms with Crippen LogP contribution in [0.3, 0.4) is 0 Å². The molecule has 0 saturated carbocycles. The van der Waals surface area contributed by atoms with Gasteiger partial charge in [-0.15, -0.1) is 0 Å². The van der Waals surface area contributed by atoms with E-state index in [0.29, 0.717) is 30.3 Å². The number of ether oxygens (including phenoxy) is 2. The molecule has 0 radical (unpaired) electrons.